The van der Waals surface area contributed by atoms with Crippen LogP contribution in [0, 0.1) is 5.92 Å². The highest BCUT2D eigenvalue weighted by Crippen LogP contribution is 2.30. The van der Waals surface area contributed by atoms with Crippen LogP contribution in [0.2, 0.25) is 0 Å². The highest BCUT2D eigenvalue weighted by atomic mass is 32.2. The van der Waals surface area contributed by atoms with Gasteiger partial charge in [-0.05, 0) is 43.0 Å². The molecule has 0 bridgehead atoms. The van der Waals surface area contributed by atoms with Crippen molar-refractivity contribution in [2.75, 3.05) is 39.3 Å². The van der Waals surface area contributed by atoms with Crippen molar-refractivity contribution in [1.82, 2.24) is 14.5 Å². The molecule has 1 aliphatic heterocycles. The second-order valence-electron chi connectivity index (χ2n) is 8.01. The fourth-order valence-electron chi connectivity index (χ4n) is 4.00. The molecule has 1 amide bonds. The van der Waals surface area contributed by atoms with Crippen molar-refractivity contribution >= 4 is 15.9 Å². The molecular weight excluding hydrogens is 419 g/mol. The Balaban J connectivity index is 1.47. The predicted molar refractivity (Wildman–Crippen MR) is 106 cm³/mol. The lowest BCUT2D eigenvalue weighted by Gasteiger charge is -2.33. The van der Waals surface area contributed by atoms with Gasteiger partial charge in [-0.1, -0.05) is 19.3 Å². The van der Waals surface area contributed by atoms with Crippen LogP contribution in [-0.2, 0) is 21.0 Å². The molecule has 3 rings (SSSR count). The van der Waals surface area contributed by atoms with Crippen LogP contribution in [0.5, 0.6) is 0 Å². The molecule has 10 heteroatoms. The van der Waals surface area contributed by atoms with Gasteiger partial charge < -0.3 is 5.32 Å². The molecule has 1 saturated carbocycles. The minimum absolute atomic E-state index is 0.0559. The Morgan fingerprint density at radius 2 is 1.60 bits per heavy atom. The van der Waals surface area contributed by atoms with E-state index in [0.717, 1.165) is 37.1 Å². The van der Waals surface area contributed by atoms with Crippen LogP contribution in [0.25, 0.3) is 0 Å². The molecule has 0 unspecified atom stereocenters. The molecule has 2 fully saturated rings. The van der Waals surface area contributed by atoms with Crippen LogP contribution >= 0.6 is 0 Å². The van der Waals surface area contributed by atoms with Crippen molar-refractivity contribution in [3.05, 3.63) is 29.8 Å². The average molecular weight is 448 g/mol. The van der Waals surface area contributed by atoms with Gasteiger partial charge in [0.05, 0.1) is 17.0 Å². The van der Waals surface area contributed by atoms with E-state index in [2.05, 4.69) is 5.32 Å². The minimum Gasteiger partial charge on any atom is -0.355 e. The first-order chi connectivity index (χ1) is 14.2. The van der Waals surface area contributed by atoms with Crippen LogP contribution in [0.15, 0.2) is 29.2 Å². The number of hydrogen-bond acceptors (Lipinski definition) is 4. The van der Waals surface area contributed by atoms with Crippen molar-refractivity contribution in [3.63, 3.8) is 0 Å². The summed E-state index contributed by atoms with van der Waals surface area (Å²) >= 11 is 0. The third-order valence-corrected chi connectivity index (χ3v) is 7.74. The molecular formula is C20H28F3N3O3S. The molecule has 1 aromatic rings. The van der Waals surface area contributed by atoms with Gasteiger partial charge in [-0.3, -0.25) is 9.69 Å². The van der Waals surface area contributed by atoms with Crippen LogP contribution < -0.4 is 5.32 Å². The lowest BCUT2D eigenvalue weighted by atomic mass is 9.89. The monoisotopic (exact) mass is 447 g/mol. The summed E-state index contributed by atoms with van der Waals surface area (Å²) in [5.41, 5.74) is -0.884. The van der Waals surface area contributed by atoms with E-state index in [1.807, 2.05) is 4.90 Å². The second kappa shape index (κ2) is 9.65. The van der Waals surface area contributed by atoms with Crippen molar-refractivity contribution in [3.8, 4) is 0 Å². The zero-order valence-electron chi connectivity index (χ0n) is 16.8. The van der Waals surface area contributed by atoms with E-state index >= 15 is 0 Å². The molecule has 1 aromatic carbocycles. The SMILES string of the molecule is O=C(CN1CCN(S(=O)(=O)c2ccc(C(F)(F)F)cc2)CC1)NCC1CCCCC1. The number of piperazine rings is 1. The van der Waals surface area contributed by atoms with E-state index in [1.54, 1.807) is 0 Å². The number of sulfonamides is 1. The Kier molecular flexibility index (Phi) is 7.41. The Morgan fingerprint density at radius 1 is 1.00 bits per heavy atom. The lowest BCUT2D eigenvalue weighted by molar-refractivity contribution is -0.137. The second-order valence-corrected chi connectivity index (χ2v) is 9.95. The maximum Gasteiger partial charge on any atom is 0.416 e. The molecule has 1 aliphatic carbocycles. The number of hydrogen-bond donors (Lipinski definition) is 1. The summed E-state index contributed by atoms with van der Waals surface area (Å²) in [6.45, 7) is 2.11. The van der Waals surface area contributed by atoms with E-state index in [9.17, 15) is 26.4 Å². The number of rotatable bonds is 6. The zero-order valence-corrected chi connectivity index (χ0v) is 17.6. The summed E-state index contributed by atoms with van der Waals surface area (Å²) < 4.78 is 64.7. The maximum absolute atomic E-state index is 12.7. The lowest BCUT2D eigenvalue weighted by Crippen LogP contribution is -2.51. The first kappa shape index (κ1) is 23.0. The molecule has 30 heavy (non-hydrogen) atoms. The Bertz CT molecular complexity index is 814. The minimum atomic E-state index is -4.51. The number of nitrogens with zero attached hydrogens (tertiary/aromatic N) is 2. The van der Waals surface area contributed by atoms with Crippen LogP contribution in [0.1, 0.15) is 37.7 Å². The van der Waals surface area contributed by atoms with Crippen LogP contribution in [0.3, 0.4) is 0 Å². The van der Waals surface area contributed by atoms with Gasteiger partial charge in [0.25, 0.3) is 0 Å². The molecule has 1 saturated heterocycles. The Morgan fingerprint density at radius 3 is 2.17 bits per heavy atom. The van der Waals surface area contributed by atoms with Gasteiger partial charge in [-0.25, -0.2) is 8.42 Å². The van der Waals surface area contributed by atoms with E-state index in [1.165, 1.54) is 23.6 Å². The molecule has 168 valence electrons. The topological polar surface area (TPSA) is 69.7 Å². The molecule has 0 spiro atoms. The van der Waals surface area contributed by atoms with Gasteiger partial charge >= 0.3 is 6.18 Å². The number of carbonyl (C=O) groups is 1. The summed E-state index contributed by atoms with van der Waals surface area (Å²) in [5.74, 6) is 0.494. The first-order valence-corrected chi connectivity index (χ1v) is 11.8. The largest absolute Gasteiger partial charge is 0.416 e. The quantitative estimate of drug-likeness (QED) is 0.728. The van der Waals surface area contributed by atoms with E-state index in [-0.39, 0.29) is 30.4 Å². The van der Waals surface area contributed by atoms with Crippen molar-refractivity contribution < 1.29 is 26.4 Å². The molecule has 0 aromatic heterocycles. The summed E-state index contributed by atoms with van der Waals surface area (Å²) in [5, 5.41) is 2.98. The van der Waals surface area contributed by atoms with E-state index < -0.39 is 21.8 Å². The zero-order chi connectivity index (χ0) is 21.8. The molecule has 2 aliphatic rings. The molecule has 0 radical (unpaired) electrons. The van der Waals surface area contributed by atoms with Gasteiger partial charge in [-0.2, -0.15) is 17.5 Å². The van der Waals surface area contributed by atoms with Crippen molar-refractivity contribution in [2.45, 2.75) is 43.2 Å². The summed E-state index contributed by atoms with van der Waals surface area (Å²) in [4.78, 5) is 13.9. The van der Waals surface area contributed by atoms with E-state index in [4.69, 9.17) is 0 Å². The van der Waals surface area contributed by atoms with Gasteiger partial charge in [-0.15, -0.1) is 0 Å². The highest BCUT2D eigenvalue weighted by molar-refractivity contribution is 7.89. The maximum atomic E-state index is 12.7. The van der Waals surface area contributed by atoms with Crippen LogP contribution in [-0.4, -0.2) is 62.8 Å². The first-order valence-electron chi connectivity index (χ1n) is 10.3. The van der Waals surface area contributed by atoms with Gasteiger partial charge in [0.15, 0.2) is 0 Å². The van der Waals surface area contributed by atoms with Crippen molar-refractivity contribution in [1.29, 1.82) is 0 Å². The Hall–Kier alpha value is -1.65. The molecule has 0 atom stereocenters. The predicted octanol–water partition coefficient (Wildman–Crippen LogP) is 2.71. The van der Waals surface area contributed by atoms with Crippen molar-refractivity contribution in [2.24, 2.45) is 5.92 Å². The normalized spacial score (nSPS) is 20.2. The average Bonchev–Trinajstić information content (AvgIpc) is 2.73. The standard InChI is InChI=1S/C20H28F3N3O3S/c21-20(22,23)17-6-8-18(9-7-17)30(28,29)26-12-10-25(11-13-26)15-19(27)24-14-16-4-2-1-3-5-16/h6-9,16H,1-5,10-15H2,(H,24,27). The summed E-state index contributed by atoms with van der Waals surface area (Å²) in [6, 6.07) is 3.53. The number of alkyl halides is 3. The van der Waals surface area contributed by atoms with E-state index in [0.29, 0.717) is 25.6 Å². The number of halogens is 3. The van der Waals surface area contributed by atoms with Gasteiger partial charge in [0, 0.05) is 32.7 Å². The number of amides is 1. The smallest absolute Gasteiger partial charge is 0.355 e. The molecule has 6 nitrogen and oxygen atoms in total. The summed E-state index contributed by atoms with van der Waals surface area (Å²) in [7, 11) is -3.86. The fourth-order valence-corrected chi connectivity index (χ4v) is 5.42. The van der Waals surface area contributed by atoms with Gasteiger partial charge in [0.1, 0.15) is 0 Å². The number of nitrogens with one attached hydrogen (secondary N) is 1. The fraction of sp³-hybridized carbons (Fsp3) is 0.650. The Labute approximate surface area is 175 Å². The molecule has 1 N–H and O–H groups in total. The number of benzene rings is 1. The number of carbonyl (C=O) groups excluding carboxylic acids is 1. The summed E-state index contributed by atoms with van der Waals surface area (Å²) in [6.07, 6.45) is 1.50. The van der Waals surface area contributed by atoms with Gasteiger partial charge in [0.2, 0.25) is 15.9 Å². The molecule has 1 heterocycles. The highest BCUT2D eigenvalue weighted by Gasteiger charge is 2.32. The third kappa shape index (κ3) is 5.95. The third-order valence-electron chi connectivity index (χ3n) is 5.83. The van der Waals surface area contributed by atoms with Crippen LogP contribution in [0.4, 0.5) is 13.2 Å².